The van der Waals surface area contributed by atoms with Gasteiger partial charge in [0.2, 0.25) is 16.1 Å². The van der Waals surface area contributed by atoms with Crippen LogP contribution in [-0.2, 0) is 11.2 Å². The minimum atomic E-state index is -0.439. The van der Waals surface area contributed by atoms with Crippen LogP contribution in [0, 0.1) is 5.92 Å². The molecule has 12 heteroatoms. The van der Waals surface area contributed by atoms with E-state index >= 15 is 0 Å². The van der Waals surface area contributed by atoms with Crippen molar-refractivity contribution in [1.82, 2.24) is 10.2 Å². The highest BCUT2D eigenvalue weighted by Crippen LogP contribution is 2.38. The van der Waals surface area contributed by atoms with Crippen LogP contribution in [0.3, 0.4) is 0 Å². The Kier molecular flexibility index (Phi) is 10.3. The molecule has 2 heterocycles. The van der Waals surface area contributed by atoms with Crippen molar-refractivity contribution in [1.29, 1.82) is 0 Å². The summed E-state index contributed by atoms with van der Waals surface area (Å²) in [6.45, 7) is 5.81. The molecule has 1 aromatic heterocycles. The fourth-order valence-corrected chi connectivity index (χ4v) is 5.14. The third-order valence-electron chi connectivity index (χ3n) is 6.64. The molecule has 2 aromatic carbocycles. The van der Waals surface area contributed by atoms with Crippen molar-refractivity contribution in [2.24, 2.45) is 5.92 Å². The number of carbonyl (C=O) groups is 2. The molecule has 0 bridgehead atoms. The van der Waals surface area contributed by atoms with Crippen molar-refractivity contribution < 1.29 is 33.1 Å². The summed E-state index contributed by atoms with van der Waals surface area (Å²) in [5.41, 5.74) is 1.72. The molecular formula is C28H35N5O6S. The number of hydrogen-bond donors (Lipinski definition) is 0. The predicted molar refractivity (Wildman–Crippen MR) is 151 cm³/mol. The highest BCUT2D eigenvalue weighted by Gasteiger charge is 2.25. The number of carbonyl (C=O) groups excluding carboxylic acids is 2. The second-order valence-corrected chi connectivity index (χ2v) is 10.3. The Morgan fingerprint density at radius 1 is 1.05 bits per heavy atom. The molecule has 4 rings (SSSR count). The van der Waals surface area contributed by atoms with E-state index in [-0.39, 0.29) is 16.9 Å². The highest BCUT2D eigenvalue weighted by molar-refractivity contribution is 8.14. The molecule has 3 aromatic rings. The number of piperazine rings is 1. The quantitative estimate of drug-likeness (QED) is 0.301. The maximum atomic E-state index is 12.6. The molecule has 11 nitrogen and oxygen atoms in total. The first-order valence-corrected chi connectivity index (χ1v) is 14.0. The number of methoxy groups -OCH3 is 3. The van der Waals surface area contributed by atoms with Crippen molar-refractivity contribution in [2.75, 3.05) is 64.8 Å². The van der Waals surface area contributed by atoms with E-state index in [0.717, 1.165) is 56.5 Å². The van der Waals surface area contributed by atoms with Gasteiger partial charge in [0, 0.05) is 36.9 Å². The number of nitrogens with zero attached hydrogens (tertiary/aromatic N) is 5. The molecule has 0 unspecified atom stereocenters. The van der Waals surface area contributed by atoms with Crippen LogP contribution in [0.15, 0.2) is 53.2 Å². The first-order valence-electron chi connectivity index (χ1n) is 13.0. The average Bonchev–Trinajstić information content (AvgIpc) is 3.46. The Morgan fingerprint density at radius 2 is 1.73 bits per heavy atom. The summed E-state index contributed by atoms with van der Waals surface area (Å²) >= 11 is 1.11. The van der Waals surface area contributed by atoms with E-state index in [1.807, 2.05) is 35.3 Å². The second kappa shape index (κ2) is 14.0. The van der Waals surface area contributed by atoms with Gasteiger partial charge in [-0.3, -0.25) is 9.69 Å². The van der Waals surface area contributed by atoms with E-state index in [4.69, 9.17) is 18.7 Å². The lowest BCUT2D eigenvalue weighted by atomic mass is 10.1. The summed E-state index contributed by atoms with van der Waals surface area (Å²) in [6.07, 6.45) is 2.45. The number of amides is 1. The third-order valence-corrected chi connectivity index (χ3v) is 7.80. The third kappa shape index (κ3) is 7.45. The zero-order valence-electron chi connectivity index (χ0n) is 23.2. The zero-order valence-corrected chi connectivity index (χ0v) is 24.1. The van der Waals surface area contributed by atoms with Crippen LogP contribution >= 0.6 is 11.8 Å². The molecule has 0 aliphatic carbocycles. The molecule has 1 aliphatic heterocycles. The Labute approximate surface area is 238 Å². The Morgan fingerprint density at radius 3 is 2.35 bits per heavy atom. The monoisotopic (exact) mass is 569 g/mol. The van der Waals surface area contributed by atoms with Crippen LogP contribution in [0.4, 0.5) is 5.88 Å². The fourth-order valence-electron chi connectivity index (χ4n) is 4.29. The number of thioether (sulfide) groups is 1. The van der Waals surface area contributed by atoms with Crippen LogP contribution in [0.25, 0.3) is 5.32 Å². The SMILES string of the molecule is COc1cc(CCN2CCN([n+]3cc([N-]C(=O)[C@H](C)CSC(=O)c4ccccc4)on3)CC2)cc(OC)c1OC. The van der Waals surface area contributed by atoms with E-state index < -0.39 is 5.92 Å². The maximum absolute atomic E-state index is 12.6. The van der Waals surface area contributed by atoms with Gasteiger partial charge in [0.1, 0.15) is 5.88 Å². The topological polar surface area (TPSA) is 112 Å². The molecule has 0 radical (unpaired) electrons. The van der Waals surface area contributed by atoms with Gasteiger partial charge in [0.15, 0.2) is 11.5 Å². The number of rotatable bonds is 12. The molecule has 1 atom stereocenters. The van der Waals surface area contributed by atoms with Gasteiger partial charge < -0.3 is 28.8 Å². The minimum Gasteiger partial charge on any atom is -0.588 e. The summed E-state index contributed by atoms with van der Waals surface area (Å²) in [5.74, 6) is 1.57. The minimum absolute atomic E-state index is 0.0691. The summed E-state index contributed by atoms with van der Waals surface area (Å²) in [5, 5.41) is 10.1. The van der Waals surface area contributed by atoms with Gasteiger partial charge in [-0.1, -0.05) is 49.0 Å². The van der Waals surface area contributed by atoms with Gasteiger partial charge in [-0.05, 0) is 24.1 Å². The molecular weight excluding hydrogens is 534 g/mol. The molecule has 1 fully saturated rings. The molecule has 0 spiro atoms. The second-order valence-electron chi connectivity index (χ2n) is 9.36. The lowest BCUT2D eigenvalue weighted by molar-refractivity contribution is -0.759. The van der Waals surface area contributed by atoms with Gasteiger partial charge >= 0.3 is 0 Å². The molecule has 214 valence electrons. The van der Waals surface area contributed by atoms with E-state index in [1.54, 1.807) is 51.4 Å². The summed E-state index contributed by atoms with van der Waals surface area (Å²) in [4.78, 5) is 28.8. The summed E-state index contributed by atoms with van der Waals surface area (Å²) in [7, 11) is 4.83. The van der Waals surface area contributed by atoms with Crippen LogP contribution < -0.4 is 24.0 Å². The van der Waals surface area contributed by atoms with Gasteiger partial charge in [-0.25, -0.2) is 0 Å². The van der Waals surface area contributed by atoms with Crippen molar-refractivity contribution in [3.05, 3.63) is 65.1 Å². The van der Waals surface area contributed by atoms with Crippen molar-refractivity contribution in [3.63, 3.8) is 0 Å². The number of ether oxygens (including phenoxy) is 3. The fraction of sp³-hybridized carbons (Fsp3) is 0.429. The van der Waals surface area contributed by atoms with Crippen molar-refractivity contribution >= 4 is 28.7 Å². The van der Waals surface area contributed by atoms with Crippen LogP contribution in [0.5, 0.6) is 17.2 Å². The van der Waals surface area contributed by atoms with Crippen molar-refractivity contribution in [2.45, 2.75) is 13.3 Å². The lowest BCUT2D eigenvalue weighted by Crippen LogP contribution is -2.65. The van der Waals surface area contributed by atoms with Gasteiger partial charge in [0.05, 0.1) is 45.1 Å². The van der Waals surface area contributed by atoms with Crippen molar-refractivity contribution in [3.8, 4) is 17.2 Å². The first-order chi connectivity index (χ1) is 19.4. The van der Waals surface area contributed by atoms with E-state index in [9.17, 15) is 9.59 Å². The summed E-state index contributed by atoms with van der Waals surface area (Å²) < 4.78 is 21.6. The Hall–Kier alpha value is -3.77. The standard InChI is InChI=1S/C28H35N5O6S/c1-20(19-40-28(35)22-8-6-5-7-9-22)27(34)29-25-18-33(30-39-25)32-14-12-31(13-15-32)11-10-21-16-23(36-2)26(38-4)24(17-21)37-3/h5-9,16-18,20H,10-15,19H2,1-4H3/t20-/m1/s1. The normalized spacial score (nSPS) is 14.4. The van der Waals surface area contributed by atoms with E-state index in [0.29, 0.717) is 28.6 Å². The van der Waals surface area contributed by atoms with Crippen LogP contribution in [0.2, 0.25) is 0 Å². The molecule has 40 heavy (non-hydrogen) atoms. The molecule has 1 aliphatic rings. The molecule has 0 saturated carbocycles. The van der Waals surface area contributed by atoms with Gasteiger partial charge in [-0.2, -0.15) is 5.01 Å². The van der Waals surface area contributed by atoms with Crippen LogP contribution in [0.1, 0.15) is 22.8 Å². The lowest BCUT2D eigenvalue weighted by Gasteiger charge is -2.30. The maximum Gasteiger partial charge on any atom is 0.257 e. The smallest absolute Gasteiger partial charge is 0.257 e. The summed E-state index contributed by atoms with van der Waals surface area (Å²) in [6, 6.07) is 13.0. The van der Waals surface area contributed by atoms with Gasteiger partial charge in [0.25, 0.3) is 6.20 Å². The zero-order chi connectivity index (χ0) is 28.5. The number of benzene rings is 2. The molecule has 1 saturated heterocycles. The van der Waals surface area contributed by atoms with Gasteiger partial charge in [-0.15, -0.1) is 0 Å². The van der Waals surface area contributed by atoms with E-state index in [2.05, 4.69) is 15.5 Å². The molecule has 0 N–H and O–H groups in total. The van der Waals surface area contributed by atoms with E-state index in [1.165, 1.54) is 0 Å². The van der Waals surface area contributed by atoms with Crippen LogP contribution in [-0.4, -0.2) is 81.0 Å². The number of aromatic nitrogens is 2. The number of hydrogen-bond acceptors (Lipinski definition) is 10. The molecule has 1 amide bonds. The Bertz CT molecular complexity index is 1250. The highest BCUT2D eigenvalue weighted by atomic mass is 32.2. The Balaban J connectivity index is 1.22. The first kappa shape index (κ1) is 29.2. The predicted octanol–water partition coefficient (Wildman–Crippen LogP) is 3.23. The largest absolute Gasteiger partial charge is 0.588 e. The average molecular weight is 570 g/mol.